The molecule has 1 heterocycles. The van der Waals surface area contributed by atoms with E-state index in [4.69, 9.17) is 9.30 Å². The number of carbonyl (C=O) groups is 1. The van der Waals surface area contributed by atoms with Gasteiger partial charge in [0, 0.05) is 23.5 Å². The molecule has 0 spiro atoms. The van der Waals surface area contributed by atoms with Crippen molar-refractivity contribution in [1.82, 2.24) is 4.98 Å². The topological polar surface area (TPSA) is 79.1 Å². The summed E-state index contributed by atoms with van der Waals surface area (Å²) in [5.41, 5.74) is 1.35. The molecule has 1 atom stereocenters. The number of nitrogens with two attached hydrogens (primary N) is 1. The molecule has 0 aliphatic heterocycles. The van der Waals surface area contributed by atoms with E-state index < -0.39 is 12.0 Å². The van der Waals surface area contributed by atoms with Crippen LogP contribution in [0.25, 0.3) is 10.9 Å². The molecule has 15 heavy (non-hydrogen) atoms. The number of aromatic amines is 1. The molecular weight excluding hydrogens is 192 g/mol. The number of benzene rings is 1. The van der Waals surface area contributed by atoms with Crippen LogP contribution in [-0.4, -0.2) is 22.1 Å². The lowest BCUT2D eigenvalue weighted by Gasteiger charge is -2.04. The van der Waals surface area contributed by atoms with Crippen LogP contribution in [0.15, 0.2) is 30.5 Å². The van der Waals surface area contributed by atoms with Crippen molar-refractivity contribution < 1.29 is 14.1 Å². The molecule has 0 unspecified atom stereocenters. The van der Waals surface area contributed by atoms with Crippen LogP contribution >= 0.6 is 0 Å². The van der Waals surface area contributed by atoms with Crippen molar-refractivity contribution in [2.45, 2.75) is 12.4 Å². The number of H-pyrrole nitrogens is 1. The van der Waals surface area contributed by atoms with Crippen molar-refractivity contribution in [3.8, 4) is 0 Å². The summed E-state index contributed by atoms with van der Waals surface area (Å²) in [7, 11) is 0. The summed E-state index contributed by atoms with van der Waals surface area (Å²) in [6.45, 7) is 0. The Hall–Kier alpha value is -1.81. The molecule has 0 saturated carbocycles. The van der Waals surface area contributed by atoms with Crippen LogP contribution in [0.5, 0.6) is 0 Å². The Labute approximate surface area is 91.0 Å². The number of aliphatic carboxylic acids is 1. The lowest BCUT2D eigenvalue weighted by Crippen LogP contribution is -2.32. The Morgan fingerprint density at radius 1 is 1.67 bits per heavy atom. The molecular formula is C11H12N2O2. The van der Waals surface area contributed by atoms with E-state index in [0.29, 0.717) is 5.56 Å². The van der Waals surface area contributed by atoms with Crippen molar-refractivity contribution in [1.29, 1.82) is 0 Å². The Kier molecular flexibility index (Phi) is 1.66. The fourth-order valence-corrected chi connectivity index (χ4v) is 1.53. The number of aromatic nitrogens is 1. The number of carboxylic acid groups (broad SMARTS) is 1. The molecule has 0 radical (unpaired) electrons. The number of carboxylic acids is 1. The van der Waals surface area contributed by atoms with Crippen molar-refractivity contribution in [2.24, 2.45) is 5.72 Å². The minimum Gasteiger partial charge on any atom is -0.480 e. The van der Waals surface area contributed by atoms with E-state index in [0.717, 1.165) is 10.9 Å². The van der Waals surface area contributed by atoms with E-state index in [1.807, 2.05) is 24.3 Å². The molecule has 0 saturated heterocycles. The van der Waals surface area contributed by atoms with E-state index in [1.54, 1.807) is 6.20 Å². The molecule has 1 aromatic heterocycles. The highest BCUT2D eigenvalue weighted by Crippen LogP contribution is 2.18. The van der Waals surface area contributed by atoms with E-state index in [1.165, 1.54) is 0 Å². The maximum absolute atomic E-state index is 11.0. The van der Waals surface area contributed by atoms with Gasteiger partial charge in [-0.25, -0.2) is 0 Å². The Morgan fingerprint density at radius 3 is 3.20 bits per heavy atom. The number of rotatable bonds is 4. The highest BCUT2D eigenvalue weighted by molar-refractivity contribution is 5.84. The molecule has 2 aromatic rings. The van der Waals surface area contributed by atoms with E-state index in [9.17, 15) is 4.79 Å². The average Bonchev–Trinajstić information content (AvgIpc) is 2.72. The second-order valence-electron chi connectivity index (χ2n) is 3.29. The predicted octanol–water partition coefficient (Wildman–Crippen LogP) is 1.12. The second kappa shape index (κ2) is 3.74. The number of para-hydroxylation sites is 1. The standard InChI is InChI=1S/C11H12N2O2/c12-9(11(14)15)5-7-6-13-10-4-2-1-3-8(7)10/h1-4,6,9,13H,5,12H2,(H,14,15)/t9-/m1/s1/i9D/hD2. The molecule has 1 aromatic carbocycles. The maximum atomic E-state index is 11.0. The first-order valence-corrected chi connectivity index (χ1v) is 4.51. The van der Waals surface area contributed by atoms with Gasteiger partial charge in [-0.15, -0.1) is 0 Å². The SMILES string of the molecule is [2H]N([2H])[C@]([2H])(Cc1c[nH]c2ccccc12)C(=O)O. The van der Waals surface area contributed by atoms with Crippen LogP contribution in [0.4, 0.5) is 0 Å². The fourth-order valence-electron chi connectivity index (χ4n) is 1.53. The van der Waals surface area contributed by atoms with Gasteiger partial charge in [0.25, 0.3) is 0 Å². The van der Waals surface area contributed by atoms with Crippen molar-refractivity contribution >= 4 is 16.9 Å². The van der Waals surface area contributed by atoms with Crippen LogP contribution in [0.3, 0.4) is 0 Å². The van der Waals surface area contributed by atoms with Gasteiger partial charge < -0.3 is 15.8 Å². The van der Waals surface area contributed by atoms with Crippen LogP contribution < -0.4 is 5.72 Å². The van der Waals surface area contributed by atoms with Crippen molar-refractivity contribution in [3.63, 3.8) is 0 Å². The molecule has 0 amide bonds. The molecule has 0 bridgehead atoms. The van der Waals surface area contributed by atoms with Gasteiger partial charge in [-0.05, 0) is 11.6 Å². The van der Waals surface area contributed by atoms with E-state index in [2.05, 4.69) is 4.98 Å². The first kappa shape index (κ1) is 6.63. The minimum atomic E-state index is -2.31. The summed E-state index contributed by atoms with van der Waals surface area (Å²) in [6.07, 6.45) is 1.37. The predicted molar refractivity (Wildman–Crippen MR) is 57.6 cm³/mol. The zero-order chi connectivity index (χ0) is 13.3. The molecule has 0 aliphatic rings. The normalized spacial score (nSPS) is 18.1. The largest absolute Gasteiger partial charge is 0.480 e. The second-order valence-corrected chi connectivity index (χ2v) is 3.29. The summed E-state index contributed by atoms with van der Waals surface area (Å²) in [4.78, 5) is 14.0. The summed E-state index contributed by atoms with van der Waals surface area (Å²) in [5.74, 6) is -1.52. The average molecular weight is 207 g/mol. The fraction of sp³-hybridized carbons (Fsp3) is 0.182. The van der Waals surface area contributed by atoms with Crippen LogP contribution in [0.1, 0.15) is 6.93 Å². The molecule has 78 valence electrons. The molecule has 4 nitrogen and oxygen atoms in total. The Balaban J connectivity index is 2.41. The maximum Gasteiger partial charge on any atom is 0.320 e. The van der Waals surface area contributed by atoms with Gasteiger partial charge in [0.05, 0.1) is 1.37 Å². The summed E-state index contributed by atoms with van der Waals surface area (Å²) >= 11 is 0. The van der Waals surface area contributed by atoms with Gasteiger partial charge in [-0.1, -0.05) is 18.2 Å². The molecule has 4 N–H and O–H groups in total. The zero-order valence-electron chi connectivity index (χ0n) is 10.9. The third-order valence-electron chi connectivity index (χ3n) is 2.28. The van der Waals surface area contributed by atoms with Gasteiger partial charge in [-0.3, -0.25) is 4.79 Å². The summed E-state index contributed by atoms with van der Waals surface area (Å²) < 4.78 is 21.9. The zero-order valence-corrected chi connectivity index (χ0v) is 7.90. The van der Waals surface area contributed by atoms with Crippen molar-refractivity contribution in [2.75, 3.05) is 0 Å². The van der Waals surface area contributed by atoms with Crippen LogP contribution in [-0.2, 0) is 11.2 Å². The van der Waals surface area contributed by atoms with Gasteiger partial charge >= 0.3 is 5.97 Å². The number of nitrogens with one attached hydrogen (secondary N) is 1. The molecule has 0 fully saturated rings. The highest BCUT2D eigenvalue weighted by Gasteiger charge is 2.14. The lowest BCUT2D eigenvalue weighted by molar-refractivity contribution is -0.138. The van der Waals surface area contributed by atoms with Gasteiger partial charge in [0.1, 0.15) is 8.84 Å². The number of fused-ring (bicyclic) bond motifs is 1. The Bertz CT molecular complexity index is 584. The van der Waals surface area contributed by atoms with Crippen LogP contribution in [0, 0.1) is 0 Å². The third kappa shape index (κ3) is 1.85. The molecule has 4 heteroatoms. The number of hydrogen-bond donors (Lipinski definition) is 3. The smallest absolute Gasteiger partial charge is 0.320 e. The first-order chi connectivity index (χ1) is 8.45. The first-order valence-electron chi connectivity index (χ1n) is 5.91. The summed E-state index contributed by atoms with van der Waals surface area (Å²) in [5, 5.41) is 9.80. The van der Waals surface area contributed by atoms with Gasteiger partial charge in [0.2, 0.25) is 0 Å². The van der Waals surface area contributed by atoms with Gasteiger partial charge in [-0.2, -0.15) is 0 Å². The van der Waals surface area contributed by atoms with Gasteiger partial charge in [0.15, 0.2) is 0 Å². The quantitative estimate of drug-likeness (QED) is 0.703. The number of hydrogen-bond acceptors (Lipinski definition) is 2. The third-order valence-corrected chi connectivity index (χ3v) is 2.28. The van der Waals surface area contributed by atoms with E-state index >= 15 is 0 Å². The van der Waals surface area contributed by atoms with Crippen LogP contribution in [0.2, 0.25) is 2.82 Å². The van der Waals surface area contributed by atoms with E-state index in [-0.39, 0.29) is 12.1 Å². The van der Waals surface area contributed by atoms with Crippen molar-refractivity contribution in [3.05, 3.63) is 36.0 Å². The highest BCUT2D eigenvalue weighted by atomic mass is 16.4. The monoisotopic (exact) mass is 207 g/mol. The molecule has 2 rings (SSSR count). The Morgan fingerprint density at radius 2 is 2.47 bits per heavy atom. The molecule has 0 aliphatic carbocycles. The summed E-state index contributed by atoms with van der Waals surface area (Å²) in [6, 6.07) is 4.98. The lowest BCUT2D eigenvalue weighted by atomic mass is 10.1. The minimum absolute atomic E-state index is 0.0862.